The van der Waals surface area contributed by atoms with E-state index in [9.17, 15) is 0 Å². The van der Waals surface area contributed by atoms with E-state index in [4.69, 9.17) is 5.73 Å². The van der Waals surface area contributed by atoms with E-state index in [1.165, 1.54) is 6.42 Å². The first-order valence-electron chi connectivity index (χ1n) is 7.54. The summed E-state index contributed by atoms with van der Waals surface area (Å²) in [4.78, 5) is 17.5. The van der Waals surface area contributed by atoms with E-state index >= 15 is 0 Å². The lowest BCUT2D eigenvalue weighted by Crippen LogP contribution is -2.40. The van der Waals surface area contributed by atoms with Crippen LogP contribution in [0.15, 0.2) is 0 Å². The molecule has 0 saturated carbocycles. The molecule has 1 saturated heterocycles. The minimum absolute atomic E-state index is 0.308. The van der Waals surface area contributed by atoms with E-state index in [1.807, 2.05) is 0 Å². The Morgan fingerprint density at radius 3 is 2.25 bits per heavy atom. The number of aromatic nitrogens is 3. The molecule has 0 aliphatic carbocycles. The summed E-state index contributed by atoms with van der Waals surface area (Å²) in [5.74, 6) is 3.03. The van der Waals surface area contributed by atoms with Gasteiger partial charge in [0.15, 0.2) is 0 Å². The van der Waals surface area contributed by atoms with Crippen LogP contribution in [0.25, 0.3) is 0 Å². The molecule has 0 amide bonds. The summed E-state index contributed by atoms with van der Waals surface area (Å²) < 4.78 is 0. The van der Waals surface area contributed by atoms with Crippen LogP contribution in [0.4, 0.5) is 17.8 Å². The van der Waals surface area contributed by atoms with Gasteiger partial charge in [0, 0.05) is 26.2 Å². The third-order valence-electron chi connectivity index (χ3n) is 3.83. The summed E-state index contributed by atoms with van der Waals surface area (Å²) in [5.41, 5.74) is 5.87. The number of hydrogen-bond donors (Lipinski definition) is 1. The highest BCUT2D eigenvalue weighted by molar-refractivity contribution is 5.43. The number of rotatable bonds is 4. The highest BCUT2D eigenvalue weighted by Gasteiger charge is 2.24. The molecule has 112 valence electrons. The molecule has 0 spiro atoms. The van der Waals surface area contributed by atoms with Gasteiger partial charge in [0.25, 0.3) is 0 Å². The highest BCUT2D eigenvalue weighted by atomic mass is 15.4. The Balaban J connectivity index is 2.27. The van der Waals surface area contributed by atoms with E-state index in [1.54, 1.807) is 0 Å². The van der Waals surface area contributed by atoms with E-state index < -0.39 is 0 Å². The fourth-order valence-corrected chi connectivity index (χ4v) is 2.98. The van der Waals surface area contributed by atoms with Crippen LogP contribution in [0.5, 0.6) is 0 Å². The second-order valence-corrected chi connectivity index (χ2v) is 5.82. The van der Waals surface area contributed by atoms with Crippen molar-refractivity contribution in [2.45, 2.75) is 34.1 Å². The van der Waals surface area contributed by atoms with Crippen LogP contribution in [0.2, 0.25) is 0 Å². The zero-order valence-electron chi connectivity index (χ0n) is 13.0. The molecule has 1 aliphatic heterocycles. The maximum absolute atomic E-state index is 5.87. The van der Waals surface area contributed by atoms with Crippen molar-refractivity contribution in [1.82, 2.24) is 15.0 Å². The lowest BCUT2D eigenvalue weighted by atomic mass is 9.92. The van der Waals surface area contributed by atoms with Crippen LogP contribution in [-0.2, 0) is 0 Å². The molecule has 0 radical (unpaired) electrons. The SMILES string of the molecule is CCN(CC)c1nc(N)nc(N2CC(C)CC(C)C2)n1. The third-order valence-corrected chi connectivity index (χ3v) is 3.83. The molecule has 0 bridgehead atoms. The molecule has 0 aromatic carbocycles. The molecule has 1 aromatic heterocycles. The topological polar surface area (TPSA) is 71.2 Å². The fraction of sp³-hybridized carbons (Fsp3) is 0.786. The van der Waals surface area contributed by atoms with Gasteiger partial charge in [0.1, 0.15) is 0 Å². The molecule has 2 N–H and O–H groups in total. The van der Waals surface area contributed by atoms with Crippen LogP contribution in [0, 0.1) is 11.8 Å². The lowest BCUT2D eigenvalue weighted by Gasteiger charge is -2.35. The largest absolute Gasteiger partial charge is 0.368 e. The Bertz CT molecular complexity index is 435. The van der Waals surface area contributed by atoms with Gasteiger partial charge in [-0.05, 0) is 32.1 Å². The second-order valence-electron chi connectivity index (χ2n) is 5.82. The maximum atomic E-state index is 5.87. The Kier molecular flexibility index (Phi) is 4.62. The molecule has 2 unspecified atom stereocenters. The van der Waals surface area contributed by atoms with E-state index in [0.29, 0.717) is 23.7 Å². The first-order chi connectivity index (χ1) is 9.53. The predicted molar refractivity (Wildman–Crippen MR) is 83.0 cm³/mol. The van der Waals surface area contributed by atoms with Crippen LogP contribution >= 0.6 is 0 Å². The summed E-state index contributed by atoms with van der Waals surface area (Å²) >= 11 is 0. The lowest BCUT2D eigenvalue weighted by molar-refractivity contribution is 0.353. The van der Waals surface area contributed by atoms with Crippen molar-refractivity contribution < 1.29 is 0 Å². The quantitative estimate of drug-likeness (QED) is 0.905. The van der Waals surface area contributed by atoms with Gasteiger partial charge in [-0.15, -0.1) is 0 Å². The predicted octanol–water partition coefficient (Wildman–Crippen LogP) is 1.78. The molecule has 1 aliphatic rings. The normalized spacial score (nSPS) is 22.9. The number of nitrogen functional groups attached to an aromatic ring is 1. The average Bonchev–Trinajstić information content (AvgIpc) is 2.38. The Morgan fingerprint density at radius 1 is 1.10 bits per heavy atom. The Hall–Kier alpha value is -1.59. The van der Waals surface area contributed by atoms with Crippen molar-refractivity contribution in [3.63, 3.8) is 0 Å². The molecular weight excluding hydrogens is 252 g/mol. The summed E-state index contributed by atoms with van der Waals surface area (Å²) in [7, 11) is 0. The summed E-state index contributed by atoms with van der Waals surface area (Å²) in [6.45, 7) is 12.5. The third kappa shape index (κ3) is 3.29. The van der Waals surface area contributed by atoms with Crippen molar-refractivity contribution in [2.75, 3.05) is 41.7 Å². The van der Waals surface area contributed by atoms with E-state index in [0.717, 1.165) is 32.1 Å². The van der Waals surface area contributed by atoms with Crippen molar-refractivity contribution in [2.24, 2.45) is 11.8 Å². The summed E-state index contributed by atoms with van der Waals surface area (Å²) in [5, 5.41) is 0. The van der Waals surface area contributed by atoms with Gasteiger partial charge in [-0.2, -0.15) is 15.0 Å². The summed E-state index contributed by atoms with van der Waals surface area (Å²) in [6, 6.07) is 0. The molecule has 2 heterocycles. The first-order valence-corrected chi connectivity index (χ1v) is 7.54. The van der Waals surface area contributed by atoms with Crippen molar-refractivity contribution >= 4 is 17.8 Å². The Morgan fingerprint density at radius 2 is 1.70 bits per heavy atom. The zero-order valence-corrected chi connectivity index (χ0v) is 13.0. The van der Waals surface area contributed by atoms with E-state index in [2.05, 4.69) is 52.4 Å². The van der Waals surface area contributed by atoms with Gasteiger partial charge in [0.2, 0.25) is 17.8 Å². The first kappa shape index (κ1) is 14.8. The molecule has 2 atom stereocenters. The standard InChI is InChI=1S/C14H26N6/c1-5-19(6-2)13-16-12(15)17-14(18-13)20-8-10(3)7-11(4)9-20/h10-11H,5-9H2,1-4H3,(H2,15,16,17,18). The molecule has 1 fully saturated rings. The number of hydrogen-bond acceptors (Lipinski definition) is 6. The smallest absolute Gasteiger partial charge is 0.231 e. The number of anilines is 3. The average molecular weight is 278 g/mol. The minimum atomic E-state index is 0.308. The Labute approximate surface area is 121 Å². The highest BCUT2D eigenvalue weighted by Crippen LogP contribution is 2.25. The van der Waals surface area contributed by atoms with Crippen LogP contribution in [0.1, 0.15) is 34.1 Å². The molecule has 20 heavy (non-hydrogen) atoms. The number of piperidine rings is 1. The van der Waals surface area contributed by atoms with Crippen LogP contribution in [-0.4, -0.2) is 41.1 Å². The summed E-state index contributed by atoms with van der Waals surface area (Å²) in [6.07, 6.45) is 1.26. The monoisotopic (exact) mass is 278 g/mol. The van der Waals surface area contributed by atoms with Crippen molar-refractivity contribution in [1.29, 1.82) is 0 Å². The number of nitrogens with zero attached hydrogens (tertiary/aromatic N) is 5. The van der Waals surface area contributed by atoms with Gasteiger partial charge in [-0.3, -0.25) is 0 Å². The molecule has 6 nitrogen and oxygen atoms in total. The second kappa shape index (κ2) is 6.24. The van der Waals surface area contributed by atoms with Gasteiger partial charge in [-0.25, -0.2) is 0 Å². The molecular formula is C14H26N6. The fourth-order valence-electron chi connectivity index (χ4n) is 2.98. The van der Waals surface area contributed by atoms with Gasteiger partial charge < -0.3 is 15.5 Å². The minimum Gasteiger partial charge on any atom is -0.368 e. The molecule has 2 rings (SSSR count). The van der Waals surface area contributed by atoms with Crippen molar-refractivity contribution in [3.8, 4) is 0 Å². The van der Waals surface area contributed by atoms with Gasteiger partial charge >= 0.3 is 0 Å². The van der Waals surface area contributed by atoms with E-state index in [-0.39, 0.29) is 0 Å². The number of nitrogens with two attached hydrogens (primary N) is 1. The van der Waals surface area contributed by atoms with Crippen molar-refractivity contribution in [3.05, 3.63) is 0 Å². The van der Waals surface area contributed by atoms with Crippen LogP contribution in [0.3, 0.4) is 0 Å². The zero-order chi connectivity index (χ0) is 14.7. The molecule has 1 aromatic rings. The van der Waals surface area contributed by atoms with Crippen LogP contribution < -0.4 is 15.5 Å². The van der Waals surface area contributed by atoms with Gasteiger partial charge in [0.05, 0.1) is 0 Å². The maximum Gasteiger partial charge on any atom is 0.231 e. The van der Waals surface area contributed by atoms with Gasteiger partial charge in [-0.1, -0.05) is 13.8 Å². The molecule has 6 heteroatoms.